The van der Waals surface area contributed by atoms with Gasteiger partial charge < -0.3 is 10.3 Å². The van der Waals surface area contributed by atoms with Gasteiger partial charge in [0.2, 0.25) is 5.89 Å². The number of aromatic nitrogens is 2. The van der Waals surface area contributed by atoms with Crippen LogP contribution in [0.4, 0.5) is 0 Å². The Morgan fingerprint density at radius 1 is 1.31 bits per heavy atom. The lowest BCUT2D eigenvalue weighted by Crippen LogP contribution is -2.26. The fourth-order valence-corrected chi connectivity index (χ4v) is 1.28. The van der Waals surface area contributed by atoms with Crippen LogP contribution < -0.4 is 5.73 Å². The summed E-state index contributed by atoms with van der Waals surface area (Å²) in [7, 11) is 0. The predicted molar refractivity (Wildman–Crippen MR) is 63.8 cm³/mol. The zero-order valence-electron chi connectivity index (χ0n) is 10.9. The second-order valence-corrected chi connectivity index (χ2v) is 5.83. The Kier molecular flexibility index (Phi) is 4.08. The van der Waals surface area contributed by atoms with Gasteiger partial charge in [0.05, 0.1) is 6.04 Å². The van der Waals surface area contributed by atoms with Crippen LogP contribution in [0.1, 0.15) is 58.8 Å². The largest absolute Gasteiger partial charge is 0.338 e. The third kappa shape index (κ3) is 3.59. The van der Waals surface area contributed by atoms with Crippen molar-refractivity contribution in [3.63, 3.8) is 0 Å². The van der Waals surface area contributed by atoms with Gasteiger partial charge in [0.25, 0.3) is 0 Å². The molecule has 1 rings (SSSR count). The molecular weight excluding hydrogens is 202 g/mol. The van der Waals surface area contributed by atoms with Crippen LogP contribution in [0.25, 0.3) is 0 Å². The van der Waals surface area contributed by atoms with E-state index in [0.717, 1.165) is 18.7 Å². The van der Waals surface area contributed by atoms with Crippen molar-refractivity contribution in [2.75, 3.05) is 0 Å². The number of rotatable bonds is 4. The van der Waals surface area contributed by atoms with Gasteiger partial charge in [-0.1, -0.05) is 39.8 Å². The van der Waals surface area contributed by atoms with E-state index in [0.29, 0.717) is 11.8 Å². The molecule has 0 saturated heterocycles. The first-order chi connectivity index (χ1) is 7.30. The lowest BCUT2D eigenvalue weighted by molar-refractivity contribution is 0.252. The van der Waals surface area contributed by atoms with Crippen LogP contribution in [0.5, 0.6) is 0 Å². The van der Waals surface area contributed by atoms with E-state index in [1.165, 1.54) is 0 Å². The van der Waals surface area contributed by atoms with E-state index in [1.54, 1.807) is 0 Å². The second kappa shape index (κ2) is 4.95. The van der Waals surface area contributed by atoms with Crippen LogP contribution in [-0.4, -0.2) is 10.1 Å². The molecule has 0 aliphatic carbocycles. The average Bonchev–Trinajstić information content (AvgIpc) is 2.60. The molecule has 4 heteroatoms. The minimum Gasteiger partial charge on any atom is -0.338 e. The van der Waals surface area contributed by atoms with Crippen molar-refractivity contribution in [2.24, 2.45) is 17.1 Å². The van der Waals surface area contributed by atoms with Gasteiger partial charge in [0.1, 0.15) is 0 Å². The summed E-state index contributed by atoms with van der Waals surface area (Å²) in [6.45, 7) is 10.6. The Hall–Kier alpha value is -0.900. The van der Waals surface area contributed by atoms with Gasteiger partial charge >= 0.3 is 0 Å². The van der Waals surface area contributed by atoms with E-state index in [9.17, 15) is 0 Å². The van der Waals surface area contributed by atoms with E-state index >= 15 is 0 Å². The highest BCUT2D eigenvalue weighted by molar-refractivity contribution is 4.96. The van der Waals surface area contributed by atoms with Crippen molar-refractivity contribution < 1.29 is 4.52 Å². The smallest absolute Gasteiger partial charge is 0.244 e. The summed E-state index contributed by atoms with van der Waals surface area (Å²) in [5.74, 6) is 1.97. The first kappa shape index (κ1) is 13.2. The molecule has 1 unspecified atom stereocenters. The maximum absolute atomic E-state index is 6.05. The van der Waals surface area contributed by atoms with Crippen LogP contribution in [-0.2, 0) is 6.42 Å². The number of aryl methyl sites for hydroxylation is 1. The molecule has 1 aromatic heterocycles. The molecule has 1 heterocycles. The van der Waals surface area contributed by atoms with Gasteiger partial charge in [-0.3, -0.25) is 0 Å². The Bertz CT molecular complexity index is 325. The van der Waals surface area contributed by atoms with Crippen LogP contribution in [0.3, 0.4) is 0 Å². The van der Waals surface area contributed by atoms with Gasteiger partial charge in [0, 0.05) is 6.42 Å². The Labute approximate surface area is 97.6 Å². The molecular formula is C12H23N3O. The number of hydrogen-bond donors (Lipinski definition) is 1. The summed E-state index contributed by atoms with van der Waals surface area (Å²) in [6.07, 6.45) is 1.93. The Morgan fingerprint density at radius 2 is 1.94 bits per heavy atom. The fourth-order valence-electron chi connectivity index (χ4n) is 1.28. The summed E-state index contributed by atoms with van der Waals surface area (Å²) in [4.78, 5) is 4.35. The molecule has 1 aromatic rings. The summed E-state index contributed by atoms with van der Waals surface area (Å²) in [5.41, 5.74) is 5.99. The first-order valence-electron chi connectivity index (χ1n) is 5.88. The standard InChI is InChI=1S/C12H23N3O/c1-8(2)6-7-9-14-11(16-15-9)10(13)12(3,4)5/h8,10H,6-7,13H2,1-5H3. The highest BCUT2D eigenvalue weighted by Crippen LogP contribution is 2.29. The Morgan fingerprint density at radius 3 is 2.44 bits per heavy atom. The molecule has 0 aliphatic rings. The predicted octanol–water partition coefficient (Wildman–Crippen LogP) is 2.70. The lowest BCUT2D eigenvalue weighted by Gasteiger charge is -2.23. The average molecular weight is 225 g/mol. The molecule has 16 heavy (non-hydrogen) atoms. The highest BCUT2D eigenvalue weighted by Gasteiger charge is 2.27. The topological polar surface area (TPSA) is 64.9 Å². The molecule has 0 aliphatic heterocycles. The molecule has 0 radical (unpaired) electrons. The second-order valence-electron chi connectivity index (χ2n) is 5.83. The monoisotopic (exact) mass is 225 g/mol. The van der Waals surface area contributed by atoms with Crippen LogP contribution in [0, 0.1) is 11.3 Å². The maximum atomic E-state index is 6.05. The summed E-state index contributed by atoms with van der Waals surface area (Å²) in [6, 6.07) is -0.201. The van der Waals surface area contributed by atoms with Crippen molar-refractivity contribution in [1.29, 1.82) is 0 Å². The van der Waals surface area contributed by atoms with Gasteiger partial charge in [-0.15, -0.1) is 0 Å². The highest BCUT2D eigenvalue weighted by atomic mass is 16.5. The minimum atomic E-state index is -0.201. The van der Waals surface area contributed by atoms with Crippen molar-refractivity contribution >= 4 is 0 Å². The molecule has 0 spiro atoms. The minimum absolute atomic E-state index is 0.0537. The van der Waals surface area contributed by atoms with E-state index in [2.05, 4.69) is 44.8 Å². The molecule has 0 amide bonds. The van der Waals surface area contributed by atoms with E-state index in [-0.39, 0.29) is 11.5 Å². The first-order valence-corrected chi connectivity index (χ1v) is 5.88. The summed E-state index contributed by atoms with van der Waals surface area (Å²) >= 11 is 0. The van der Waals surface area contributed by atoms with Gasteiger partial charge in [-0.25, -0.2) is 0 Å². The van der Waals surface area contributed by atoms with Crippen LogP contribution in [0.15, 0.2) is 4.52 Å². The van der Waals surface area contributed by atoms with Crippen molar-refractivity contribution in [2.45, 2.75) is 53.5 Å². The van der Waals surface area contributed by atoms with E-state index < -0.39 is 0 Å². The molecule has 2 N–H and O–H groups in total. The summed E-state index contributed by atoms with van der Waals surface area (Å²) < 4.78 is 5.20. The molecule has 0 fully saturated rings. The number of hydrogen-bond acceptors (Lipinski definition) is 4. The zero-order chi connectivity index (χ0) is 12.3. The van der Waals surface area contributed by atoms with Gasteiger partial charge in [-0.2, -0.15) is 4.98 Å². The fraction of sp³-hybridized carbons (Fsp3) is 0.833. The third-order valence-electron chi connectivity index (χ3n) is 2.63. The number of nitrogens with zero attached hydrogens (tertiary/aromatic N) is 2. The van der Waals surface area contributed by atoms with E-state index in [1.807, 2.05) is 0 Å². The molecule has 0 aromatic carbocycles. The Balaban J connectivity index is 2.64. The molecule has 0 saturated carbocycles. The maximum Gasteiger partial charge on any atom is 0.244 e. The third-order valence-corrected chi connectivity index (χ3v) is 2.63. The molecule has 1 atom stereocenters. The quantitative estimate of drug-likeness (QED) is 0.855. The lowest BCUT2D eigenvalue weighted by atomic mass is 9.87. The van der Waals surface area contributed by atoms with Crippen molar-refractivity contribution in [3.05, 3.63) is 11.7 Å². The van der Waals surface area contributed by atoms with Crippen molar-refractivity contribution in [1.82, 2.24) is 10.1 Å². The van der Waals surface area contributed by atoms with Crippen LogP contribution >= 0.6 is 0 Å². The summed E-state index contributed by atoms with van der Waals surface area (Å²) in [5, 5.41) is 3.96. The van der Waals surface area contributed by atoms with E-state index in [4.69, 9.17) is 10.3 Å². The SMILES string of the molecule is CC(C)CCc1noc(C(N)C(C)(C)C)n1. The number of nitrogens with two attached hydrogens (primary N) is 1. The molecule has 0 bridgehead atoms. The normalized spacial score (nSPS) is 14.4. The zero-order valence-corrected chi connectivity index (χ0v) is 10.9. The van der Waals surface area contributed by atoms with Crippen molar-refractivity contribution in [3.8, 4) is 0 Å². The molecule has 92 valence electrons. The molecule has 4 nitrogen and oxygen atoms in total. The van der Waals surface area contributed by atoms with Crippen LogP contribution in [0.2, 0.25) is 0 Å². The van der Waals surface area contributed by atoms with Gasteiger partial charge in [0.15, 0.2) is 5.82 Å². The van der Waals surface area contributed by atoms with Gasteiger partial charge in [-0.05, 0) is 17.8 Å².